The Morgan fingerprint density at radius 2 is 1.94 bits per heavy atom. The van der Waals surface area contributed by atoms with Crippen molar-refractivity contribution in [2.75, 3.05) is 0 Å². The second kappa shape index (κ2) is 4.30. The van der Waals surface area contributed by atoms with Gasteiger partial charge in [-0.05, 0) is 29.8 Å². The van der Waals surface area contributed by atoms with Crippen molar-refractivity contribution in [3.63, 3.8) is 0 Å². The molecule has 0 bridgehead atoms. The first-order valence-corrected chi connectivity index (χ1v) is 4.90. The quantitative estimate of drug-likeness (QED) is 0.707. The maximum atomic E-state index is 12.6. The average molecular weight is 233 g/mol. The first-order valence-electron chi connectivity index (χ1n) is 4.52. The Morgan fingerprint density at radius 3 is 2.50 bits per heavy atom. The third-order valence-corrected chi connectivity index (χ3v) is 2.46. The van der Waals surface area contributed by atoms with E-state index in [1.165, 1.54) is 12.3 Å². The fraction of sp³-hybridized carbons (Fsp3) is 0. The molecule has 0 fully saturated rings. The number of aromatic nitrogens is 1. The van der Waals surface area contributed by atoms with Crippen molar-refractivity contribution in [2.45, 2.75) is 0 Å². The molecule has 0 amide bonds. The second-order valence-electron chi connectivity index (χ2n) is 3.18. The van der Waals surface area contributed by atoms with E-state index in [1.54, 1.807) is 24.3 Å². The summed E-state index contributed by atoms with van der Waals surface area (Å²) in [5, 5.41) is 9.10. The van der Waals surface area contributed by atoms with E-state index in [1.807, 2.05) is 6.07 Å². The lowest BCUT2D eigenvalue weighted by atomic mass is 10.1. The zero-order valence-corrected chi connectivity index (χ0v) is 8.87. The van der Waals surface area contributed by atoms with E-state index in [0.29, 0.717) is 10.6 Å². The average Bonchev–Trinajstić information content (AvgIpc) is 2.30. The SMILES string of the molecule is N#Cc1ccc(-c2ccc(F)nc2)cc1Cl. The van der Waals surface area contributed by atoms with Crippen molar-refractivity contribution >= 4 is 11.6 Å². The highest BCUT2D eigenvalue weighted by Gasteiger charge is 2.03. The van der Waals surface area contributed by atoms with E-state index in [2.05, 4.69) is 4.98 Å². The molecule has 0 aliphatic heterocycles. The Bertz CT molecular complexity index is 558. The van der Waals surface area contributed by atoms with Gasteiger partial charge in [0.05, 0.1) is 10.6 Å². The molecule has 1 aromatic carbocycles. The Balaban J connectivity index is 2.46. The molecule has 0 N–H and O–H groups in total. The molecule has 0 saturated heterocycles. The van der Waals surface area contributed by atoms with Gasteiger partial charge in [-0.15, -0.1) is 0 Å². The van der Waals surface area contributed by atoms with Crippen molar-refractivity contribution in [1.82, 2.24) is 4.98 Å². The monoisotopic (exact) mass is 232 g/mol. The van der Waals surface area contributed by atoms with Gasteiger partial charge in [-0.1, -0.05) is 17.7 Å². The molecule has 0 spiro atoms. The lowest BCUT2D eigenvalue weighted by Gasteiger charge is -2.02. The van der Waals surface area contributed by atoms with Crippen LogP contribution in [0.1, 0.15) is 5.56 Å². The summed E-state index contributed by atoms with van der Waals surface area (Å²) in [6.45, 7) is 0. The van der Waals surface area contributed by atoms with Gasteiger partial charge in [-0.2, -0.15) is 9.65 Å². The molecule has 1 heterocycles. The molecule has 0 aliphatic carbocycles. The third-order valence-electron chi connectivity index (χ3n) is 2.15. The van der Waals surface area contributed by atoms with Crippen molar-refractivity contribution in [1.29, 1.82) is 5.26 Å². The van der Waals surface area contributed by atoms with Crippen LogP contribution in [-0.4, -0.2) is 4.98 Å². The van der Waals surface area contributed by atoms with E-state index in [-0.39, 0.29) is 0 Å². The number of nitriles is 1. The van der Waals surface area contributed by atoms with E-state index in [4.69, 9.17) is 16.9 Å². The lowest BCUT2D eigenvalue weighted by Crippen LogP contribution is -1.85. The number of hydrogen-bond donors (Lipinski definition) is 0. The van der Waals surface area contributed by atoms with Crippen LogP contribution in [0, 0.1) is 17.3 Å². The number of nitrogens with zero attached hydrogens (tertiary/aromatic N) is 2. The molecule has 4 heteroatoms. The van der Waals surface area contributed by atoms with Crippen LogP contribution in [0.25, 0.3) is 11.1 Å². The minimum absolute atomic E-state index is 0.379. The predicted molar refractivity (Wildman–Crippen MR) is 59.4 cm³/mol. The largest absolute Gasteiger partial charge is 0.228 e. The predicted octanol–water partition coefficient (Wildman–Crippen LogP) is 3.41. The summed E-state index contributed by atoms with van der Waals surface area (Å²) in [7, 11) is 0. The van der Waals surface area contributed by atoms with Gasteiger partial charge in [0.15, 0.2) is 0 Å². The summed E-state index contributed by atoms with van der Waals surface area (Å²) in [5.41, 5.74) is 1.98. The third kappa shape index (κ3) is 2.02. The van der Waals surface area contributed by atoms with Gasteiger partial charge in [0.25, 0.3) is 0 Å². The molecule has 0 aliphatic rings. The molecule has 78 valence electrons. The molecular formula is C12H6ClFN2. The van der Waals surface area contributed by atoms with Gasteiger partial charge in [0, 0.05) is 11.8 Å². The summed E-state index contributed by atoms with van der Waals surface area (Å²) >= 11 is 5.89. The maximum absolute atomic E-state index is 12.6. The van der Waals surface area contributed by atoms with Crippen LogP contribution in [0.4, 0.5) is 4.39 Å². The smallest absolute Gasteiger partial charge is 0.212 e. The lowest BCUT2D eigenvalue weighted by molar-refractivity contribution is 0.584. The molecule has 2 rings (SSSR count). The molecular weight excluding hydrogens is 227 g/mol. The number of rotatable bonds is 1. The van der Waals surface area contributed by atoms with Crippen LogP contribution < -0.4 is 0 Å². The van der Waals surface area contributed by atoms with Crippen LogP contribution in [0.5, 0.6) is 0 Å². The minimum Gasteiger partial charge on any atom is -0.228 e. The normalized spacial score (nSPS) is 9.81. The highest BCUT2D eigenvalue weighted by molar-refractivity contribution is 6.32. The molecule has 1 aromatic heterocycles. The first-order chi connectivity index (χ1) is 7.70. The number of halogens is 2. The summed E-state index contributed by atoms with van der Waals surface area (Å²) in [4.78, 5) is 3.55. The van der Waals surface area contributed by atoms with Crippen molar-refractivity contribution < 1.29 is 4.39 Å². The molecule has 0 atom stereocenters. The van der Waals surface area contributed by atoms with Crippen LogP contribution >= 0.6 is 11.6 Å². The summed E-state index contributed by atoms with van der Waals surface area (Å²) in [6.07, 6.45) is 1.42. The van der Waals surface area contributed by atoms with Crippen LogP contribution in [-0.2, 0) is 0 Å². The van der Waals surface area contributed by atoms with E-state index in [9.17, 15) is 4.39 Å². The van der Waals surface area contributed by atoms with Crippen LogP contribution in [0.2, 0.25) is 5.02 Å². The van der Waals surface area contributed by atoms with E-state index in [0.717, 1.165) is 11.1 Å². The molecule has 2 aromatic rings. The number of pyridine rings is 1. The van der Waals surface area contributed by atoms with Gasteiger partial charge >= 0.3 is 0 Å². The Kier molecular flexibility index (Phi) is 2.84. The van der Waals surface area contributed by atoms with E-state index >= 15 is 0 Å². The van der Waals surface area contributed by atoms with Crippen molar-refractivity contribution in [2.24, 2.45) is 0 Å². The fourth-order valence-electron chi connectivity index (χ4n) is 1.33. The van der Waals surface area contributed by atoms with Gasteiger partial charge in [-0.25, -0.2) is 4.98 Å². The molecule has 0 radical (unpaired) electrons. The Labute approximate surface area is 96.9 Å². The van der Waals surface area contributed by atoms with Gasteiger partial charge in [0.1, 0.15) is 6.07 Å². The van der Waals surface area contributed by atoms with Crippen molar-refractivity contribution in [3.8, 4) is 17.2 Å². The molecule has 16 heavy (non-hydrogen) atoms. The Hall–Kier alpha value is -1.92. The van der Waals surface area contributed by atoms with Crippen molar-refractivity contribution in [3.05, 3.63) is 53.1 Å². The van der Waals surface area contributed by atoms with Crippen LogP contribution in [0.3, 0.4) is 0 Å². The minimum atomic E-state index is -0.525. The van der Waals surface area contributed by atoms with Crippen LogP contribution in [0.15, 0.2) is 36.5 Å². The summed E-state index contributed by atoms with van der Waals surface area (Å²) in [6, 6.07) is 9.90. The molecule has 2 nitrogen and oxygen atoms in total. The summed E-state index contributed by atoms with van der Waals surface area (Å²) < 4.78 is 12.6. The zero-order chi connectivity index (χ0) is 11.5. The first kappa shape index (κ1) is 10.6. The van der Waals surface area contributed by atoms with Gasteiger partial charge in [0.2, 0.25) is 5.95 Å². The molecule has 0 saturated carbocycles. The number of hydrogen-bond acceptors (Lipinski definition) is 2. The highest BCUT2D eigenvalue weighted by Crippen LogP contribution is 2.24. The summed E-state index contributed by atoms with van der Waals surface area (Å²) in [5.74, 6) is -0.525. The standard InChI is InChI=1S/C12H6ClFN2/c13-11-5-8(1-2-9(11)6-15)10-3-4-12(14)16-7-10/h1-5,7H. The maximum Gasteiger partial charge on any atom is 0.212 e. The fourth-order valence-corrected chi connectivity index (χ4v) is 1.55. The number of benzene rings is 1. The zero-order valence-electron chi connectivity index (χ0n) is 8.11. The highest BCUT2D eigenvalue weighted by atomic mass is 35.5. The topological polar surface area (TPSA) is 36.7 Å². The Morgan fingerprint density at radius 1 is 1.19 bits per heavy atom. The van der Waals surface area contributed by atoms with Gasteiger partial charge < -0.3 is 0 Å². The van der Waals surface area contributed by atoms with E-state index < -0.39 is 5.95 Å². The second-order valence-corrected chi connectivity index (χ2v) is 3.58. The molecule has 0 unspecified atom stereocenters. The van der Waals surface area contributed by atoms with Gasteiger partial charge in [-0.3, -0.25) is 0 Å².